The number of aliphatic hydroxyl groups is 7. The Morgan fingerprint density at radius 3 is 2.14 bits per heavy atom. The molecule has 0 radical (unpaired) electrons. The number of fused-ring (bicyclic) bond motifs is 4. The van der Waals surface area contributed by atoms with Gasteiger partial charge in [-0.3, -0.25) is 23.2 Å². The van der Waals surface area contributed by atoms with Crippen LogP contribution in [0.1, 0.15) is 162 Å². The zero-order chi connectivity index (χ0) is 52.7. The number of phosphoric ester groups is 2. The number of aliphatic hydroxyl groups excluding tert-OH is 7. The van der Waals surface area contributed by atoms with E-state index in [1.807, 2.05) is 6.92 Å². The van der Waals surface area contributed by atoms with E-state index in [1.165, 1.54) is 25.3 Å². The van der Waals surface area contributed by atoms with E-state index in [2.05, 4.69) is 31.2 Å². The quantitative estimate of drug-likeness (QED) is 0.0200. The summed E-state index contributed by atoms with van der Waals surface area (Å²) in [5, 5.41) is 78.9. The molecule has 10 N–H and O–H groups in total. The maximum absolute atomic E-state index is 13.8. The average Bonchev–Trinajstić information content (AvgIpc) is 3.31. The van der Waals surface area contributed by atoms with Crippen molar-refractivity contribution in [1.29, 1.82) is 0 Å². The van der Waals surface area contributed by atoms with Crippen LogP contribution < -0.4 is 0 Å². The molecule has 0 saturated carbocycles. The summed E-state index contributed by atoms with van der Waals surface area (Å²) >= 11 is 0. The van der Waals surface area contributed by atoms with Gasteiger partial charge in [-0.15, -0.1) is 0 Å². The van der Waals surface area contributed by atoms with E-state index in [0.29, 0.717) is 12.8 Å². The fourth-order valence-corrected chi connectivity index (χ4v) is 9.63. The number of hydrogen-bond acceptors (Lipinski definition) is 17. The number of phosphoric acid groups is 2. The summed E-state index contributed by atoms with van der Waals surface area (Å²) in [6.07, 6.45) is 5.81. The van der Waals surface area contributed by atoms with Gasteiger partial charge in [0.2, 0.25) is 0 Å². The van der Waals surface area contributed by atoms with Crippen molar-refractivity contribution in [3.05, 3.63) is 48.6 Å². The summed E-state index contributed by atoms with van der Waals surface area (Å²) in [5.74, 6) is -2.87. The predicted octanol–water partition coefficient (Wildman–Crippen LogP) is 6.17. The predicted molar refractivity (Wildman–Crippen MR) is 263 cm³/mol. The summed E-state index contributed by atoms with van der Waals surface area (Å²) in [6, 6.07) is 0. The lowest BCUT2D eigenvalue weighted by atomic mass is 9.83. The van der Waals surface area contributed by atoms with E-state index in [4.69, 9.17) is 27.8 Å². The Bertz CT molecular complexity index is 1670. The number of unbranched alkanes of at least 4 members (excludes halogenated alkanes) is 12. The second-order valence-electron chi connectivity index (χ2n) is 18.4. The Hall–Kier alpha value is -2.20. The van der Waals surface area contributed by atoms with Gasteiger partial charge in [0.15, 0.2) is 12.4 Å². The fourth-order valence-electron chi connectivity index (χ4n) is 8.10. The molecule has 0 amide bonds. The van der Waals surface area contributed by atoms with Gasteiger partial charge >= 0.3 is 27.6 Å². The van der Waals surface area contributed by atoms with Crippen LogP contribution in [0, 0.1) is 5.92 Å². The zero-order valence-electron chi connectivity index (χ0n) is 41.7. The third kappa shape index (κ3) is 28.9. The number of cyclic esters (lactones) is 1. The molecule has 71 heavy (non-hydrogen) atoms. The minimum Gasteiger partial charge on any atom is -0.462 e. The molecule has 13 atom stereocenters. The van der Waals surface area contributed by atoms with E-state index >= 15 is 0 Å². The van der Waals surface area contributed by atoms with Gasteiger partial charge in [-0.1, -0.05) is 127 Å². The molecule has 20 nitrogen and oxygen atoms in total. The van der Waals surface area contributed by atoms with Crippen LogP contribution >= 0.6 is 15.6 Å². The highest BCUT2D eigenvalue weighted by molar-refractivity contribution is 7.47. The van der Waals surface area contributed by atoms with Crippen molar-refractivity contribution < 1.29 is 96.9 Å². The van der Waals surface area contributed by atoms with Crippen LogP contribution in [0.3, 0.4) is 0 Å². The molecule has 2 aliphatic rings. The molecule has 2 heterocycles. The molecule has 22 heteroatoms. The van der Waals surface area contributed by atoms with Gasteiger partial charge in [0.1, 0.15) is 43.2 Å². The van der Waals surface area contributed by atoms with Crippen molar-refractivity contribution in [3.8, 4) is 0 Å². The monoisotopic (exact) mass is 1060 g/mol. The molecule has 0 aromatic heterocycles. The van der Waals surface area contributed by atoms with E-state index in [0.717, 1.165) is 82.8 Å². The third-order valence-corrected chi connectivity index (χ3v) is 13.7. The van der Waals surface area contributed by atoms with Crippen molar-refractivity contribution in [2.45, 2.75) is 229 Å². The lowest BCUT2D eigenvalue weighted by Gasteiger charge is -2.41. The van der Waals surface area contributed by atoms with Crippen LogP contribution in [0.4, 0.5) is 0 Å². The standard InChI is InChI=1S/C49H86O20P2/c1-3-5-7-8-9-10-11-12-13-14-15-16-17-18-19-20-25-29-41(52)64-34-37-35-65-71(62,63)69-49-47(58)46(57)44(55)38(28-24-21-22-26-30-42(53)66-37)39(51)33-43(54)67-40(32-31-36(50)27-23-6-4-2)45(56)48(49)68-70(59,60)61/h9-10,12-13,21,24,31-32,36-40,43-51,54-58H,3-8,11,14-20,22-23,25-30,33-35H2,1-2H3,(H,62,63)(H2,59,60,61)/b10-9-,13-12-,24-21-,32-31?/t36-,37+,38-,39-,40+,43?,44+,45+,46-,47+,48+,49-/m0/s1. The lowest BCUT2D eigenvalue weighted by Crippen LogP contribution is -2.58. The van der Waals surface area contributed by atoms with Crippen LogP contribution in [-0.2, 0) is 46.5 Å². The molecule has 0 aromatic carbocycles. The van der Waals surface area contributed by atoms with Gasteiger partial charge in [0, 0.05) is 25.2 Å². The molecule has 412 valence electrons. The van der Waals surface area contributed by atoms with Gasteiger partial charge in [-0.25, -0.2) is 9.13 Å². The number of rotatable bonds is 26. The average molecular weight is 1060 g/mol. The number of allylic oxidation sites excluding steroid dienone is 6. The summed E-state index contributed by atoms with van der Waals surface area (Å²) in [7, 11) is -11.5. The van der Waals surface area contributed by atoms with Crippen molar-refractivity contribution in [2.75, 3.05) is 13.2 Å². The van der Waals surface area contributed by atoms with Crippen molar-refractivity contribution >= 4 is 27.6 Å². The molecule has 2 unspecified atom stereocenters. The maximum Gasteiger partial charge on any atom is 0.472 e. The third-order valence-electron chi connectivity index (χ3n) is 12.2. The minimum absolute atomic E-state index is 0.0387. The lowest BCUT2D eigenvalue weighted by molar-refractivity contribution is -0.210. The summed E-state index contributed by atoms with van der Waals surface area (Å²) in [4.78, 5) is 56.8. The van der Waals surface area contributed by atoms with Crippen LogP contribution in [0.5, 0.6) is 0 Å². The van der Waals surface area contributed by atoms with E-state index < -0.39 is 120 Å². The maximum atomic E-state index is 13.8. The van der Waals surface area contributed by atoms with E-state index in [1.54, 1.807) is 6.08 Å². The first kappa shape index (κ1) is 64.9. The molecule has 0 aliphatic carbocycles. The van der Waals surface area contributed by atoms with Gasteiger partial charge in [-0.2, -0.15) is 0 Å². The smallest absolute Gasteiger partial charge is 0.462 e. The topological polar surface area (TPSA) is 326 Å². The van der Waals surface area contributed by atoms with Gasteiger partial charge < -0.3 is 64.6 Å². The van der Waals surface area contributed by atoms with E-state index in [9.17, 15) is 69.1 Å². The van der Waals surface area contributed by atoms with Crippen LogP contribution in [0.15, 0.2) is 48.6 Å². The summed E-state index contributed by atoms with van der Waals surface area (Å²) in [6.45, 7) is 2.51. The normalized spacial score (nSPS) is 31.3. The molecule has 0 spiro atoms. The first-order valence-corrected chi connectivity index (χ1v) is 28.6. The first-order chi connectivity index (χ1) is 33.8. The van der Waals surface area contributed by atoms with Crippen molar-refractivity contribution in [2.24, 2.45) is 5.92 Å². The number of hydrogen-bond donors (Lipinski definition) is 10. The molecule has 2 rings (SSSR count). The summed E-state index contributed by atoms with van der Waals surface area (Å²) in [5.41, 5.74) is 0. The number of carbonyl (C=O) groups excluding carboxylic acids is 2. The highest BCUT2D eigenvalue weighted by Gasteiger charge is 2.50. The van der Waals surface area contributed by atoms with E-state index in [-0.39, 0.29) is 38.5 Å². The molecule has 1 saturated heterocycles. The number of ether oxygens (including phenoxy) is 3. The Morgan fingerprint density at radius 1 is 0.845 bits per heavy atom. The molecular weight excluding hydrogens is 970 g/mol. The summed E-state index contributed by atoms with van der Waals surface area (Å²) < 4.78 is 57.8. The Balaban J connectivity index is 2.26. The molecule has 0 aromatic rings. The molecule has 2 bridgehead atoms. The molecule has 2 aliphatic heterocycles. The first-order valence-electron chi connectivity index (χ1n) is 25.6. The molecular formula is C49H86O20P2. The number of esters is 2. The Morgan fingerprint density at radius 2 is 1.48 bits per heavy atom. The minimum atomic E-state index is -5.80. The Labute approximate surface area is 420 Å². The highest BCUT2D eigenvalue weighted by Crippen LogP contribution is 2.49. The largest absolute Gasteiger partial charge is 0.472 e. The van der Waals surface area contributed by atoms with Crippen molar-refractivity contribution in [3.63, 3.8) is 0 Å². The second kappa shape index (κ2) is 36.7. The molecule has 1 fully saturated rings. The van der Waals surface area contributed by atoms with Gasteiger partial charge in [0.05, 0.1) is 24.9 Å². The highest BCUT2D eigenvalue weighted by atomic mass is 31.2. The van der Waals surface area contributed by atoms with Gasteiger partial charge in [0.25, 0.3) is 0 Å². The SMILES string of the molecule is CCCCC/C=C\C/C=C\CCCCCCCCCC(=O)OC[C@@H]1COP(=O)(O)O[C@H]2[C@H](O)[C@@H](O)[C@H](O)[C@@H](C/C=C\CCCC(=O)O1)[C@@H](O)CC(O)O[C@H](C=C[C@@H](O)CCCCC)[C@@H](O)[C@H]2OP(=O)(O)O. The van der Waals surface area contributed by atoms with Crippen LogP contribution in [0.25, 0.3) is 0 Å². The zero-order valence-corrected chi connectivity index (χ0v) is 43.5. The Kier molecular flexibility index (Phi) is 33.5. The van der Waals surface area contributed by atoms with Crippen molar-refractivity contribution in [1.82, 2.24) is 0 Å². The fraction of sp³-hybridized carbons (Fsp3) is 0.796. The van der Waals surface area contributed by atoms with Gasteiger partial charge in [-0.05, 0) is 64.2 Å². The number of carbonyl (C=O) groups is 2. The second-order valence-corrected chi connectivity index (χ2v) is 21.0. The van der Waals surface area contributed by atoms with Crippen LogP contribution in [0.2, 0.25) is 0 Å². The van der Waals surface area contributed by atoms with Crippen LogP contribution in [-0.4, -0.2) is 143 Å².